The van der Waals surface area contributed by atoms with E-state index in [1.54, 1.807) is 0 Å². The Bertz CT molecular complexity index is 435. The molecule has 0 radical (unpaired) electrons. The van der Waals surface area contributed by atoms with Crippen molar-refractivity contribution in [2.24, 2.45) is 5.73 Å². The van der Waals surface area contributed by atoms with Gasteiger partial charge in [0, 0.05) is 24.8 Å². The summed E-state index contributed by atoms with van der Waals surface area (Å²) in [4.78, 5) is 0. The number of benzene rings is 1. The standard InChI is InChI=1S/C13H15F4N/c14-10-3-1-2-9(11(10)15)12(8-18)4-6-13(16,17)7-5-12/h1-3H,4-8,18H2. The van der Waals surface area contributed by atoms with E-state index < -0.39 is 23.0 Å². The van der Waals surface area contributed by atoms with Crippen LogP contribution in [0.3, 0.4) is 0 Å². The summed E-state index contributed by atoms with van der Waals surface area (Å²) in [6, 6.07) is 3.84. The van der Waals surface area contributed by atoms with Gasteiger partial charge in [-0.15, -0.1) is 0 Å². The number of rotatable bonds is 2. The normalized spacial score (nSPS) is 21.8. The third-order valence-electron chi connectivity index (χ3n) is 3.85. The second kappa shape index (κ2) is 4.53. The van der Waals surface area contributed by atoms with Crippen molar-refractivity contribution in [2.75, 3.05) is 6.54 Å². The maximum absolute atomic E-state index is 13.8. The highest BCUT2D eigenvalue weighted by Crippen LogP contribution is 2.45. The van der Waals surface area contributed by atoms with Gasteiger partial charge in [0.05, 0.1) is 0 Å². The van der Waals surface area contributed by atoms with Crippen LogP contribution in [-0.2, 0) is 5.41 Å². The highest BCUT2D eigenvalue weighted by Gasteiger charge is 2.44. The Balaban J connectivity index is 2.37. The van der Waals surface area contributed by atoms with Gasteiger partial charge in [-0.3, -0.25) is 0 Å². The molecule has 0 amide bonds. The van der Waals surface area contributed by atoms with Crippen LogP contribution in [0.2, 0.25) is 0 Å². The lowest BCUT2D eigenvalue weighted by Gasteiger charge is -2.39. The number of alkyl halides is 2. The van der Waals surface area contributed by atoms with Gasteiger partial charge >= 0.3 is 0 Å². The van der Waals surface area contributed by atoms with Crippen LogP contribution >= 0.6 is 0 Å². The first-order valence-corrected chi connectivity index (χ1v) is 5.93. The fourth-order valence-corrected chi connectivity index (χ4v) is 2.59. The molecular weight excluding hydrogens is 246 g/mol. The topological polar surface area (TPSA) is 26.0 Å². The molecule has 0 aliphatic heterocycles. The lowest BCUT2D eigenvalue weighted by atomic mass is 9.68. The molecule has 0 aromatic heterocycles. The quantitative estimate of drug-likeness (QED) is 0.811. The fraction of sp³-hybridized carbons (Fsp3) is 0.538. The highest BCUT2D eigenvalue weighted by molar-refractivity contribution is 5.29. The summed E-state index contributed by atoms with van der Waals surface area (Å²) in [5.74, 6) is -4.64. The Labute approximate surface area is 103 Å². The van der Waals surface area contributed by atoms with E-state index in [2.05, 4.69) is 0 Å². The second-order valence-corrected chi connectivity index (χ2v) is 4.94. The highest BCUT2D eigenvalue weighted by atomic mass is 19.3. The smallest absolute Gasteiger partial charge is 0.248 e. The van der Waals surface area contributed by atoms with E-state index in [-0.39, 0.29) is 37.8 Å². The molecule has 0 saturated heterocycles. The summed E-state index contributed by atoms with van der Waals surface area (Å²) in [5.41, 5.74) is 4.90. The van der Waals surface area contributed by atoms with Gasteiger partial charge in [-0.2, -0.15) is 0 Å². The van der Waals surface area contributed by atoms with Crippen molar-refractivity contribution in [2.45, 2.75) is 37.0 Å². The Morgan fingerprint density at radius 3 is 2.22 bits per heavy atom. The van der Waals surface area contributed by atoms with E-state index in [1.807, 2.05) is 0 Å². The van der Waals surface area contributed by atoms with Crippen LogP contribution < -0.4 is 5.73 Å². The molecule has 1 nitrogen and oxygen atoms in total. The Kier molecular flexibility index (Phi) is 3.36. The molecule has 2 rings (SSSR count). The van der Waals surface area contributed by atoms with Gasteiger partial charge < -0.3 is 5.73 Å². The molecule has 0 heterocycles. The van der Waals surface area contributed by atoms with Crippen molar-refractivity contribution in [3.8, 4) is 0 Å². The molecule has 100 valence electrons. The second-order valence-electron chi connectivity index (χ2n) is 4.94. The van der Waals surface area contributed by atoms with Crippen molar-refractivity contribution < 1.29 is 17.6 Å². The first-order valence-electron chi connectivity index (χ1n) is 5.93. The molecule has 0 atom stereocenters. The summed E-state index contributed by atoms with van der Waals surface area (Å²) < 4.78 is 53.4. The molecule has 2 N–H and O–H groups in total. The third-order valence-corrected chi connectivity index (χ3v) is 3.85. The Hall–Kier alpha value is -1.10. The SMILES string of the molecule is NCC1(c2cccc(F)c2F)CCC(F)(F)CC1. The summed E-state index contributed by atoms with van der Waals surface area (Å²) in [7, 11) is 0. The molecule has 1 saturated carbocycles. The van der Waals surface area contributed by atoms with Crippen molar-refractivity contribution in [3.05, 3.63) is 35.4 Å². The minimum absolute atomic E-state index is 0.0451. The average Bonchev–Trinajstić information content (AvgIpc) is 2.34. The summed E-state index contributed by atoms with van der Waals surface area (Å²) >= 11 is 0. The lowest BCUT2D eigenvalue weighted by molar-refractivity contribution is -0.0513. The molecule has 18 heavy (non-hydrogen) atoms. The monoisotopic (exact) mass is 261 g/mol. The number of hydrogen-bond donors (Lipinski definition) is 1. The molecule has 1 aromatic carbocycles. The first kappa shape index (κ1) is 13.3. The van der Waals surface area contributed by atoms with Crippen LogP contribution in [0.25, 0.3) is 0 Å². The van der Waals surface area contributed by atoms with Crippen LogP contribution in [0.4, 0.5) is 17.6 Å². The molecular formula is C13H15F4N. The third kappa shape index (κ3) is 2.23. The van der Waals surface area contributed by atoms with Gasteiger partial charge in [-0.25, -0.2) is 17.6 Å². The van der Waals surface area contributed by atoms with Gasteiger partial charge in [0.1, 0.15) is 0 Å². The van der Waals surface area contributed by atoms with E-state index in [4.69, 9.17) is 5.73 Å². The van der Waals surface area contributed by atoms with E-state index in [0.29, 0.717) is 0 Å². The Morgan fingerprint density at radius 1 is 1.06 bits per heavy atom. The number of halogens is 4. The summed E-state index contributed by atoms with van der Waals surface area (Å²) in [5, 5.41) is 0. The van der Waals surface area contributed by atoms with Crippen molar-refractivity contribution in [1.29, 1.82) is 0 Å². The molecule has 0 spiro atoms. The Morgan fingerprint density at radius 2 is 1.67 bits per heavy atom. The minimum Gasteiger partial charge on any atom is -0.330 e. The van der Waals surface area contributed by atoms with Crippen LogP contribution in [0.5, 0.6) is 0 Å². The van der Waals surface area contributed by atoms with Crippen LogP contribution in [0.1, 0.15) is 31.2 Å². The molecule has 1 aliphatic rings. The molecule has 5 heteroatoms. The summed E-state index contributed by atoms with van der Waals surface area (Å²) in [6.45, 7) is 0.0451. The van der Waals surface area contributed by atoms with Crippen molar-refractivity contribution in [1.82, 2.24) is 0 Å². The zero-order valence-electron chi connectivity index (χ0n) is 9.86. The molecule has 0 bridgehead atoms. The maximum Gasteiger partial charge on any atom is 0.248 e. The van der Waals surface area contributed by atoms with Crippen molar-refractivity contribution >= 4 is 0 Å². The van der Waals surface area contributed by atoms with Crippen molar-refractivity contribution in [3.63, 3.8) is 0 Å². The van der Waals surface area contributed by atoms with Crippen LogP contribution in [0.15, 0.2) is 18.2 Å². The molecule has 1 aliphatic carbocycles. The van der Waals surface area contributed by atoms with E-state index >= 15 is 0 Å². The maximum atomic E-state index is 13.8. The minimum atomic E-state index is -2.72. The van der Waals surface area contributed by atoms with Gasteiger partial charge in [-0.05, 0) is 24.5 Å². The predicted molar refractivity (Wildman–Crippen MR) is 60.5 cm³/mol. The average molecular weight is 261 g/mol. The molecule has 1 aromatic rings. The molecule has 1 fully saturated rings. The van der Waals surface area contributed by atoms with Gasteiger partial charge in [0.25, 0.3) is 0 Å². The van der Waals surface area contributed by atoms with Gasteiger partial charge in [-0.1, -0.05) is 12.1 Å². The van der Waals surface area contributed by atoms with Crippen LogP contribution in [0, 0.1) is 11.6 Å². The molecule has 0 unspecified atom stereocenters. The van der Waals surface area contributed by atoms with Crippen LogP contribution in [-0.4, -0.2) is 12.5 Å². The van der Waals surface area contributed by atoms with E-state index in [1.165, 1.54) is 12.1 Å². The van der Waals surface area contributed by atoms with Gasteiger partial charge in [0.2, 0.25) is 5.92 Å². The lowest BCUT2D eigenvalue weighted by Crippen LogP contribution is -2.42. The number of nitrogens with two attached hydrogens (primary N) is 1. The largest absolute Gasteiger partial charge is 0.330 e. The summed E-state index contributed by atoms with van der Waals surface area (Å²) in [6.07, 6.45) is -0.506. The van der Waals surface area contributed by atoms with E-state index in [9.17, 15) is 17.6 Å². The zero-order valence-corrected chi connectivity index (χ0v) is 9.86. The predicted octanol–water partition coefficient (Wildman–Crippen LogP) is 3.37. The van der Waals surface area contributed by atoms with Gasteiger partial charge in [0.15, 0.2) is 11.6 Å². The fourth-order valence-electron chi connectivity index (χ4n) is 2.59. The first-order chi connectivity index (χ1) is 8.40. The van der Waals surface area contributed by atoms with E-state index in [0.717, 1.165) is 6.07 Å². The number of hydrogen-bond acceptors (Lipinski definition) is 1. The zero-order chi connectivity index (χ0) is 13.4.